The van der Waals surface area contributed by atoms with Crippen LogP contribution in [0.25, 0.3) is 0 Å². The molecule has 2 fully saturated rings. The summed E-state index contributed by atoms with van der Waals surface area (Å²) in [4.78, 5) is 6.41. The first kappa shape index (κ1) is 15.5. The lowest BCUT2D eigenvalue weighted by Gasteiger charge is -2.38. The fourth-order valence-corrected chi connectivity index (χ4v) is 3.70. The predicted molar refractivity (Wildman–Crippen MR) is 85.0 cm³/mol. The molecule has 3 heterocycles. The zero-order chi connectivity index (χ0) is 16.5. The molecule has 1 saturated heterocycles. The molecule has 24 heavy (non-hydrogen) atoms. The minimum Gasteiger partial charge on any atom is -0.469 e. The molecule has 1 aliphatic heterocycles. The molecule has 2 aromatic rings. The second-order valence-electron chi connectivity index (χ2n) is 6.42. The summed E-state index contributed by atoms with van der Waals surface area (Å²) in [6, 6.07) is 3.22. The Hall–Kier alpha value is -1.99. The normalized spacial score (nSPS) is 27.2. The highest BCUT2D eigenvalue weighted by Crippen LogP contribution is 2.33. The molecule has 7 heteroatoms. The fraction of sp³-hybridized carbons (Fsp3) is 0.529. The van der Waals surface area contributed by atoms with Gasteiger partial charge in [0.1, 0.15) is 12.2 Å². The van der Waals surface area contributed by atoms with Gasteiger partial charge in [-0.25, -0.2) is 9.37 Å². The van der Waals surface area contributed by atoms with Crippen LogP contribution in [0.5, 0.6) is 5.88 Å². The van der Waals surface area contributed by atoms with Gasteiger partial charge >= 0.3 is 0 Å². The number of rotatable bonds is 4. The van der Waals surface area contributed by atoms with Gasteiger partial charge in [0.25, 0.3) is 5.88 Å². The van der Waals surface area contributed by atoms with E-state index in [1.165, 1.54) is 11.6 Å². The summed E-state index contributed by atoms with van der Waals surface area (Å²) < 4.78 is 27.4. The Kier molecular flexibility index (Phi) is 4.20. The zero-order valence-electron chi connectivity index (χ0n) is 13.6. The topological polar surface area (TPSA) is 52.4 Å². The van der Waals surface area contributed by atoms with Crippen molar-refractivity contribution in [2.45, 2.75) is 37.6 Å². The van der Waals surface area contributed by atoms with E-state index in [1.807, 2.05) is 24.1 Å². The van der Waals surface area contributed by atoms with Gasteiger partial charge in [-0.05, 0) is 25.0 Å². The third kappa shape index (κ3) is 3.01. The van der Waals surface area contributed by atoms with E-state index >= 15 is 0 Å². The van der Waals surface area contributed by atoms with Gasteiger partial charge in [-0.3, -0.25) is 9.58 Å². The van der Waals surface area contributed by atoms with Crippen LogP contribution in [0.2, 0.25) is 0 Å². The van der Waals surface area contributed by atoms with Gasteiger partial charge in [0, 0.05) is 44.1 Å². The molecule has 1 aliphatic carbocycles. The second kappa shape index (κ2) is 6.49. The molecule has 1 saturated carbocycles. The molecule has 3 atom stereocenters. The van der Waals surface area contributed by atoms with Crippen LogP contribution in [0.3, 0.4) is 0 Å². The molecular formula is C17H21FN4O2. The Morgan fingerprint density at radius 1 is 1.42 bits per heavy atom. The summed E-state index contributed by atoms with van der Waals surface area (Å²) >= 11 is 0. The molecule has 128 valence electrons. The highest BCUT2D eigenvalue weighted by atomic mass is 19.1. The maximum absolute atomic E-state index is 13.8. The number of pyridine rings is 1. The standard InChI is InChI=1S/C17H21FN4O2/c1-21-10-12(9-20-21)11-22-7-8-23-16-14(22)4-5-15(16)24-17-13(18)3-2-6-19-17/h2-3,6,9-10,14-16H,4-5,7-8,11H2,1H3/t14-,15+,16+/m0/s1. The number of aryl methyl sites for hydroxylation is 1. The highest BCUT2D eigenvalue weighted by molar-refractivity contribution is 5.14. The van der Waals surface area contributed by atoms with Gasteiger partial charge in [-0.15, -0.1) is 0 Å². The molecular weight excluding hydrogens is 311 g/mol. The van der Waals surface area contributed by atoms with Crippen molar-refractivity contribution in [2.24, 2.45) is 7.05 Å². The van der Waals surface area contributed by atoms with E-state index in [1.54, 1.807) is 12.3 Å². The monoisotopic (exact) mass is 332 g/mol. The van der Waals surface area contributed by atoms with Crippen molar-refractivity contribution in [1.82, 2.24) is 19.7 Å². The molecule has 6 nitrogen and oxygen atoms in total. The number of ether oxygens (including phenoxy) is 2. The predicted octanol–water partition coefficient (Wildman–Crippen LogP) is 1.76. The molecule has 0 bridgehead atoms. The fourth-order valence-electron chi connectivity index (χ4n) is 3.70. The number of hydrogen-bond donors (Lipinski definition) is 0. The van der Waals surface area contributed by atoms with Gasteiger partial charge in [-0.2, -0.15) is 5.10 Å². The van der Waals surface area contributed by atoms with Crippen molar-refractivity contribution >= 4 is 0 Å². The van der Waals surface area contributed by atoms with E-state index in [0.717, 1.165) is 25.9 Å². The summed E-state index contributed by atoms with van der Waals surface area (Å²) in [5.41, 5.74) is 1.19. The van der Waals surface area contributed by atoms with Crippen molar-refractivity contribution in [1.29, 1.82) is 0 Å². The van der Waals surface area contributed by atoms with Crippen LogP contribution in [0.1, 0.15) is 18.4 Å². The quantitative estimate of drug-likeness (QED) is 0.854. The minimum atomic E-state index is -0.427. The molecule has 0 spiro atoms. The Bertz CT molecular complexity index is 707. The summed E-state index contributed by atoms with van der Waals surface area (Å²) in [7, 11) is 1.92. The van der Waals surface area contributed by atoms with E-state index in [4.69, 9.17) is 9.47 Å². The minimum absolute atomic E-state index is 0.0446. The molecule has 0 aromatic carbocycles. The molecule has 2 aliphatic rings. The number of aromatic nitrogens is 3. The van der Waals surface area contributed by atoms with E-state index < -0.39 is 5.82 Å². The number of hydrogen-bond acceptors (Lipinski definition) is 5. The second-order valence-corrected chi connectivity index (χ2v) is 6.42. The van der Waals surface area contributed by atoms with Crippen LogP contribution < -0.4 is 4.74 Å². The number of nitrogens with zero attached hydrogens (tertiary/aromatic N) is 4. The first-order valence-electron chi connectivity index (χ1n) is 8.31. The van der Waals surface area contributed by atoms with Crippen molar-refractivity contribution in [3.05, 3.63) is 42.1 Å². The average Bonchev–Trinajstić information content (AvgIpc) is 3.17. The van der Waals surface area contributed by atoms with Gasteiger partial charge in [0.15, 0.2) is 5.82 Å². The summed E-state index contributed by atoms with van der Waals surface area (Å²) in [5.74, 6) is -0.361. The first-order chi connectivity index (χ1) is 11.7. The lowest BCUT2D eigenvalue weighted by Crippen LogP contribution is -2.51. The van der Waals surface area contributed by atoms with E-state index in [9.17, 15) is 4.39 Å². The van der Waals surface area contributed by atoms with Crippen LogP contribution in [0.15, 0.2) is 30.7 Å². The molecule has 0 N–H and O–H groups in total. The average molecular weight is 332 g/mol. The van der Waals surface area contributed by atoms with Crippen molar-refractivity contribution in [3.63, 3.8) is 0 Å². The molecule has 4 rings (SSSR count). The van der Waals surface area contributed by atoms with Crippen LogP contribution in [0, 0.1) is 5.82 Å². The molecule has 2 aromatic heterocycles. The Labute approximate surface area is 140 Å². The van der Waals surface area contributed by atoms with E-state index in [-0.39, 0.29) is 24.1 Å². The number of fused-ring (bicyclic) bond motifs is 1. The summed E-state index contributed by atoms with van der Waals surface area (Å²) in [6.45, 7) is 2.40. The third-order valence-electron chi connectivity index (χ3n) is 4.78. The molecule has 0 radical (unpaired) electrons. The van der Waals surface area contributed by atoms with Crippen LogP contribution in [-0.4, -0.2) is 51.1 Å². The van der Waals surface area contributed by atoms with Crippen molar-refractivity contribution < 1.29 is 13.9 Å². The van der Waals surface area contributed by atoms with Crippen LogP contribution in [0.4, 0.5) is 4.39 Å². The van der Waals surface area contributed by atoms with Crippen molar-refractivity contribution in [3.8, 4) is 5.88 Å². The van der Waals surface area contributed by atoms with E-state index in [2.05, 4.69) is 15.0 Å². The number of halogens is 1. The molecule has 0 amide bonds. The highest BCUT2D eigenvalue weighted by Gasteiger charge is 2.44. The zero-order valence-corrected chi connectivity index (χ0v) is 13.6. The first-order valence-corrected chi connectivity index (χ1v) is 8.31. The van der Waals surface area contributed by atoms with Gasteiger partial charge in [0.05, 0.1) is 12.8 Å². The Balaban J connectivity index is 1.45. The van der Waals surface area contributed by atoms with Crippen molar-refractivity contribution in [2.75, 3.05) is 13.2 Å². The lowest BCUT2D eigenvalue weighted by molar-refractivity contribution is -0.0927. The van der Waals surface area contributed by atoms with Crippen LogP contribution in [-0.2, 0) is 18.3 Å². The van der Waals surface area contributed by atoms with Gasteiger partial charge < -0.3 is 9.47 Å². The smallest absolute Gasteiger partial charge is 0.250 e. The summed E-state index contributed by atoms with van der Waals surface area (Å²) in [6.07, 6.45) is 7.10. The SMILES string of the molecule is Cn1cc(CN2CCO[C@H]3[C@H](Oc4ncccc4F)CC[C@@H]32)cn1. The van der Waals surface area contributed by atoms with E-state index in [0.29, 0.717) is 6.61 Å². The van der Waals surface area contributed by atoms with Gasteiger partial charge in [-0.1, -0.05) is 0 Å². The lowest BCUT2D eigenvalue weighted by atomic mass is 10.1. The van der Waals surface area contributed by atoms with Crippen LogP contribution >= 0.6 is 0 Å². The van der Waals surface area contributed by atoms with Gasteiger partial charge in [0.2, 0.25) is 0 Å². The third-order valence-corrected chi connectivity index (χ3v) is 4.78. The molecule has 0 unspecified atom stereocenters. The maximum atomic E-state index is 13.8. The Morgan fingerprint density at radius 2 is 2.33 bits per heavy atom. The Morgan fingerprint density at radius 3 is 3.12 bits per heavy atom. The maximum Gasteiger partial charge on any atom is 0.250 e. The largest absolute Gasteiger partial charge is 0.469 e. The summed E-state index contributed by atoms with van der Waals surface area (Å²) in [5, 5.41) is 4.23. The number of morpholine rings is 1.